The third-order valence-electron chi connectivity index (χ3n) is 5.96. The van der Waals surface area contributed by atoms with Gasteiger partial charge in [0.1, 0.15) is 0 Å². The van der Waals surface area contributed by atoms with Crippen LogP contribution in [0.5, 0.6) is 0 Å². The lowest BCUT2D eigenvalue weighted by Gasteiger charge is -2.50. The first-order chi connectivity index (χ1) is 13.2. The van der Waals surface area contributed by atoms with E-state index in [1.807, 2.05) is 0 Å². The van der Waals surface area contributed by atoms with E-state index in [0.29, 0.717) is 18.0 Å². The number of carbonyl (C=O) groups is 1. The number of hydrogen-bond donors (Lipinski definition) is 1. The van der Waals surface area contributed by atoms with Gasteiger partial charge in [-0.15, -0.1) is 0 Å². The average Bonchev–Trinajstić information content (AvgIpc) is 3.08. The maximum Gasteiger partial charge on any atom is 0.251 e. The first-order valence-electron chi connectivity index (χ1n) is 9.75. The van der Waals surface area contributed by atoms with E-state index in [1.165, 1.54) is 11.1 Å². The normalized spacial score (nSPS) is 21.1. The molecule has 27 heavy (non-hydrogen) atoms. The second kappa shape index (κ2) is 7.79. The van der Waals surface area contributed by atoms with Crippen LogP contribution in [0.15, 0.2) is 48.8 Å². The molecular weight excluding hydrogens is 338 g/mol. The highest BCUT2D eigenvalue weighted by Crippen LogP contribution is 2.42. The lowest BCUT2D eigenvalue weighted by molar-refractivity contribution is -0.136. The maximum absolute atomic E-state index is 12.2. The first kappa shape index (κ1) is 18.1. The highest BCUT2D eigenvalue weighted by Gasteiger charge is 2.52. The Kier molecular flexibility index (Phi) is 5.23. The van der Waals surface area contributed by atoms with Crippen LogP contribution in [0.25, 0.3) is 0 Å². The molecule has 5 heteroatoms. The molecule has 1 aromatic carbocycles. The predicted molar refractivity (Wildman–Crippen MR) is 104 cm³/mol. The maximum atomic E-state index is 12.2. The Morgan fingerprint density at radius 3 is 2.81 bits per heavy atom. The lowest BCUT2D eigenvalue weighted by Crippen LogP contribution is -2.64. The number of aryl methyl sites for hydroxylation is 1. The van der Waals surface area contributed by atoms with Gasteiger partial charge < -0.3 is 10.1 Å². The Bertz CT molecular complexity index is 787. The summed E-state index contributed by atoms with van der Waals surface area (Å²) in [5, 5.41) is 3.03. The van der Waals surface area contributed by atoms with Crippen LogP contribution in [0.1, 0.15) is 34.3 Å². The van der Waals surface area contributed by atoms with Gasteiger partial charge in [-0.25, -0.2) is 0 Å². The van der Waals surface area contributed by atoms with Gasteiger partial charge in [0, 0.05) is 50.7 Å². The monoisotopic (exact) mass is 365 g/mol. The molecule has 0 radical (unpaired) electrons. The number of benzene rings is 1. The second-order valence-electron chi connectivity index (χ2n) is 7.75. The predicted octanol–water partition coefficient (Wildman–Crippen LogP) is 2.80. The van der Waals surface area contributed by atoms with E-state index in [2.05, 4.69) is 46.4 Å². The van der Waals surface area contributed by atoms with E-state index in [4.69, 9.17) is 4.74 Å². The molecule has 0 unspecified atom stereocenters. The molecule has 1 spiro atoms. The summed E-state index contributed by atoms with van der Waals surface area (Å²) in [5.41, 5.74) is 3.40. The summed E-state index contributed by atoms with van der Waals surface area (Å²) < 4.78 is 6.17. The molecule has 1 N–H and O–H groups in total. The van der Waals surface area contributed by atoms with Crippen LogP contribution >= 0.6 is 0 Å². The van der Waals surface area contributed by atoms with Gasteiger partial charge in [-0.2, -0.15) is 0 Å². The zero-order valence-electron chi connectivity index (χ0n) is 15.9. The van der Waals surface area contributed by atoms with Crippen LogP contribution in [0.4, 0.5) is 0 Å². The second-order valence-corrected chi connectivity index (χ2v) is 7.75. The van der Waals surface area contributed by atoms with Crippen molar-refractivity contribution >= 4 is 5.91 Å². The van der Waals surface area contributed by atoms with Gasteiger partial charge >= 0.3 is 0 Å². The molecule has 2 fully saturated rings. The number of nitrogens with one attached hydrogen (secondary N) is 1. The number of amides is 1. The molecule has 1 amide bonds. The third-order valence-corrected chi connectivity index (χ3v) is 5.96. The van der Waals surface area contributed by atoms with Gasteiger partial charge in [0.15, 0.2) is 0 Å². The van der Waals surface area contributed by atoms with Crippen molar-refractivity contribution in [1.29, 1.82) is 0 Å². The van der Waals surface area contributed by atoms with Crippen LogP contribution in [0.2, 0.25) is 0 Å². The van der Waals surface area contributed by atoms with E-state index in [-0.39, 0.29) is 11.5 Å². The van der Waals surface area contributed by atoms with Crippen LogP contribution in [0.3, 0.4) is 0 Å². The van der Waals surface area contributed by atoms with Crippen molar-refractivity contribution in [2.75, 3.05) is 26.2 Å². The number of nitrogens with zero attached hydrogens (tertiary/aromatic N) is 2. The molecule has 5 nitrogen and oxygen atoms in total. The Hall–Kier alpha value is -2.24. The van der Waals surface area contributed by atoms with Crippen molar-refractivity contribution in [3.8, 4) is 0 Å². The van der Waals surface area contributed by atoms with Gasteiger partial charge in [-0.05, 0) is 48.9 Å². The fourth-order valence-corrected chi connectivity index (χ4v) is 4.36. The summed E-state index contributed by atoms with van der Waals surface area (Å²) >= 11 is 0. The molecule has 1 atom stereocenters. The molecule has 0 bridgehead atoms. The van der Waals surface area contributed by atoms with E-state index >= 15 is 0 Å². The van der Waals surface area contributed by atoms with Crippen molar-refractivity contribution in [2.45, 2.75) is 31.9 Å². The van der Waals surface area contributed by atoms with E-state index in [0.717, 1.165) is 39.1 Å². The standard InChI is InChI=1S/C22H27N3O2/c1-17-4-2-3-5-19(17)14-25-15-22(16-25)20(9-13-27-22)8-12-24-21(26)18-6-10-23-11-7-18/h2-7,10-11,20H,8-9,12-16H2,1H3,(H,24,26)/t20-/m1/s1. The molecule has 2 aliphatic heterocycles. The summed E-state index contributed by atoms with van der Waals surface area (Å²) in [6.45, 7) is 6.67. The molecule has 3 heterocycles. The number of carbonyl (C=O) groups excluding carboxylic acids is 1. The fraction of sp³-hybridized carbons (Fsp3) is 0.455. The van der Waals surface area contributed by atoms with Gasteiger partial charge in [0.05, 0.1) is 5.60 Å². The number of ether oxygens (including phenoxy) is 1. The lowest BCUT2D eigenvalue weighted by atomic mass is 9.78. The Balaban J connectivity index is 1.26. The molecule has 0 aliphatic carbocycles. The third kappa shape index (κ3) is 3.89. The van der Waals surface area contributed by atoms with Crippen LogP contribution < -0.4 is 5.32 Å². The Morgan fingerprint density at radius 1 is 1.26 bits per heavy atom. The number of hydrogen-bond acceptors (Lipinski definition) is 4. The zero-order chi connectivity index (χ0) is 18.7. The summed E-state index contributed by atoms with van der Waals surface area (Å²) in [6.07, 6.45) is 5.34. The molecule has 0 saturated carbocycles. The molecule has 2 aliphatic rings. The summed E-state index contributed by atoms with van der Waals surface area (Å²) in [5.74, 6) is 0.489. The van der Waals surface area contributed by atoms with E-state index in [9.17, 15) is 4.79 Å². The van der Waals surface area contributed by atoms with Gasteiger partial charge in [-0.3, -0.25) is 14.7 Å². The minimum absolute atomic E-state index is 0.00984. The fourth-order valence-electron chi connectivity index (χ4n) is 4.36. The SMILES string of the molecule is Cc1ccccc1CN1CC2(C1)OCC[C@H]2CCNC(=O)c1ccncc1. The Morgan fingerprint density at radius 2 is 2.04 bits per heavy atom. The number of likely N-dealkylation sites (tertiary alicyclic amines) is 1. The van der Waals surface area contributed by atoms with Crippen molar-refractivity contribution < 1.29 is 9.53 Å². The summed E-state index contributed by atoms with van der Waals surface area (Å²) in [4.78, 5) is 18.6. The summed E-state index contributed by atoms with van der Waals surface area (Å²) in [7, 11) is 0. The van der Waals surface area contributed by atoms with Crippen molar-refractivity contribution in [2.24, 2.45) is 5.92 Å². The number of rotatable bonds is 6. The average molecular weight is 365 g/mol. The van der Waals surface area contributed by atoms with E-state index in [1.54, 1.807) is 24.5 Å². The molecule has 4 rings (SSSR count). The smallest absolute Gasteiger partial charge is 0.251 e. The number of aromatic nitrogens is 1. The highest BCUT2D eigenvalue weighted by atomic mass is 16.5. The largest absolute Gasteiger partial charge is 0.372 e. The summed E-state index contributed by atoms with van der Waals surface area (Å²) in [6, 6.07) is 12.1. The van der Waals surface area contributed by atoms with Crippen molar-refractivity contribution in [3.05, 3.63) is 65.5 Å². The van der Waals surface area contributed by atoms with Crippen LogP contribution in [-0.4, -0.2) is 47.6 Å². The molecule has 2 saturated heterocycles. The van der Waals surface area contributed by atoms with Crippen LogP contribution in [-0.2, 0) is 11.3 Å². The number of pyridine rings is 1. The molecular formula is C22H27N3O2. The van der Waals surface area contributed by atoms with E-state index < -0.39 is 0 Å². The Labute approximate surface area is 160 Å². The zero-order valence-corrected chi connectivity index (χ0v) is 15.9. The first-order valence-corrected chi connectivity index (χ1v) is 9.75. The van der Waals surface area contributed by atoms with Gasteiger partial charge in [-0.1, -0.05) is 24.3 Å². The van der Waals surface area contributed by atoms with Gasteiger partial charge in [0.2, 0.25) is 0 Å². The molecule has 142 valence electrons. The van der Waals surface area contributed by atoms with Crippen molar-refractivity contribution in [3.63, 3.8) is 0 Å². The van der Waals surface area contributed by atoms with Crippen LogP contribution in [0, 0.1) is 12.8 Å². The molecule has 1 aromatic heterocycles. The molecule has 2 aromatic rings. The minimum atomic E-state index is -0.0276. The minimum Gasteiger partial charge on any atom is -0.372 e. The van der Waals surface area contributed by atoms with Crippen molar-refractivity contribution in [1.82, 2.24) is 15.2 Å². The highest BCUT2D eigenvalue weighted by molar-refractivity contribution is 5.93. The quantitative estimate of drug-likeness (QED) is 0.855. The van der Waals surface area contributed by atoms with Gasteiger partial charge in [0.25, 0.3) is 5.91 Å². The topological polar surface area (TPSA) is 54.5 Å².